The molecule has 100 valence electrons. The molecule has 0 radical (unpaired) electrons. The van der Waals surface area contributed by atoms with Crippen LogP contribution in [0.2, 0.25) is 5.02 Å². The first-order chi connectivity index (χ1) is 8.97. The molecule has 19 heavy (non-hydrogen) atoms. The fraction of sp³-hybridized carbons (Fsp3) is 0.214. The predicted octanol–water partition coefficient (Wildman–Crippen LogP) is 2.66. The normalized spacial score (nSPS) is 10.5. The van der Waals surface area contributed by atoms with Crippen LogP contribution in [0.25, 0.3) is 0 Å². The van der Waals surface area contributed by atoms with E-state index in [1.165, 1.54) is 0 Å². The summed E-state index contributed by atoms with van der Waals surface area (Å²) in [4.78, 5) is 13.9. The minimum atomic E-state index is -0.0949. The summed E-state index contributed by atoms with van der Waals surface area (Å²) >= 11 is 5.87. The van der Waals surface area contributed by atoms with Crippen LogP contribution in [-0.4, -0.2) is 27.5 Å². The maximum absolute atomic E-state index is 12.2. The van der Waals surface area contributed by atoms with E-state index < -0.39 is 0 Å². The molecule has 1 N–H and O–H groups in total. The summed E-state index contributed by atoms with van der Waals surface area (Å²) < 4.78 is 1.71. The molecule has 1 aromatic heterocycles. The number of carbonyl (C=O) groups excluding carboxylic acids is 1. The molecule has 0 aliphatic carbocycles. The van der Waals surface area contributed by atoms with E-state index in [0.29, 0.717) is 17.3 Å². The second-order valence-electron chi connectivity index (χ2n) is 4.48. The van der Waals surface area contributed by atoms with Crippen molar-refractivity contribution in [2.45, 2.75) is 6.54 Å². The Bertz CT molecular complexity index is 590. The van der Waals surface area contributed by atoms with Crippen molar-refractivity contribution in [3.63, 3.8) is 0 Å². The molecule has 1 aromatic carbocycles. The summed E-state index contributed by atoms with van der Waals surface area (Å²) in [5, 5.41) is 9.76. The minimum Gasteiger partial charge on any atom is -0.508 e. The third-order valence-corrected chi connectivity index (χ3v) is 3.10. The van der Waals surface area contributed by atoms with Crippen molar-refractivity contribution >= 4 is 17.5 Å². The number of phenolic OH excluding ortho intramolecular Hbond substituents is 1. The molecule has 5 heteroatoms. The van der Waals surface area contributed by atoms with Crippen LogP contribution in [0.5, 0.6) is 5.75 Å². The van der Waals surface area contributed by atoms with Crippen molar-refractivity contribution in [3.05, 3.63) is 52.8 Å². The fourth-order valence-electron chi connectivity index (χ4n) is 1.88. The molecule has 4 nitrogen and oxygen atoms in total. The van der Waals surface area contributed by atoms with Crippen LogP contribution in [0.1, 0.15) is 16.1 Å². The number of aryl methyl sites for hydroxylation is 1. The van der Waals surface area contributed by atoms with E-state index in [0.717, 1.165) is 5.56 Å². The summed E-state index contributed by atoms with van der Waals surface area (Å²) in [5.41, 5.74) is 1.50. The van der Waals surface area contributed by atoms with Gasteiger partial charge in [0.25, 0.3) is 5.91 Å². The van der Waals surface area contributed by atoms with Crippen LogP contribution < -0.4 is 0 Å². The van der Waals surface area contributed by atoms with Crippen LogP contribution >= 0.6 is 11.6 Å². The number of phenols is 1. The van der Waals surface area contributed by atoms with Crippen LogP contribution in [-0.2, 0) is 13.6 Å². The second-order valence-corrected chi connectivity index (χ2v) is 4.92. The van der Waals surface area contributed by atoms with E-state index in [1.807, 2.05) is 0 Å². The lowest BCUT2D eigenvalue weighted by Gasteiger charge is -2.17. The molecular weight excluding hydrogens is 264 g/mol. The van der Waals surface area contributed by atoms with Crippen LogP contribution in [0, 0.1) is 0 Å². The number of hydrogen-bond acceptors (Lipinski definition) is 2. The number of carbonyl (C=O) groups is 1. The number of aromatic hydroxyl groups is 1. The highest BCUT2D eigenvalue weighted by atomic mass is 35.5. The van der Waals surface area contributed by atoms with E-state index in [1.54, 1.807) is 60.1 Å². The third kappa shape index (κ3) is 3.09. The SMILES string of the molecule is CN(Cc1ccc(O)cc1)C(=O)c1cc(Cl)cn1C. The van der Waals surface area contributed by atoms with E-state index in [2.05, 4.69) is 0 Å². The molecule has 0 fully saturated rings. The lowest BCUT2D eigenvalue weighted by Crippen LogP contribution is -2.27. The summed E-state index contributed by atoms with van der Waals surface area (Å²) in [7, 11) is 3.52. The fourth-order valence-corrected chi connectivity index (χ4v) is 2.13. The molecule has 0 aliphatic rings. The smallest absolute Gasteiger partial charge is 0.270 e. The largest absolute Gasteiger partial charge is 0.508 e. The number of amides is 1. The average Bonchev–Trinajstić information content (AvgIpc) is 2.70. The molecular formula is C14H15ClN2O2. The van der Waals surface area contributed by atoms with Crippen molar-refractivity contribution < 1.29 is 9.90 Å². The van der Waals surface area contributed by atoms with Crippen molar-refractivity contribution in [1.82, 2.24) is 9.47 Å². The molecule has 0 spiro atoms. The van der Waals surface area contributed by atoms with Crippen LogP contribution in [0.4, 0.5) is 0 Å². The first-order valence-corrected chi connectivity index (χ1v) is 6.20. The summed E-state index contributed by atoms with van der Waals surface area (Å²) in [6.07, 6.45) is 1.70. The molecule has 2 aromatic rings. The number of nitrogens with zero attached hydrogens (tertiary/aromatic N) is 2. The summed E-state index contributed by atoms with van der Waals surface area (Å²) in [6, 6.07) is 8.44. The quantitative estimate of drug-likeness (QED) is 0.938. The van der Waals surface area contributed by atoms with Gasteiger partial charge in [-0.2, -0.15) is 0 Å². The van der Waals surface area contributed by atoms with E-state index in [9.17, 15) is 9.90 Å². The Morgan fingerprint density at radius 1 is 1.37 bits per heavy atom. The van der Waals surface area contributed by atoms with Gasteiger partial charge in [0.05, 0.1) is 5.02 Å². The zero-order valence-electron chi connectivity index (χ0n) is 10.8. The highest BCUT2D eigenvalue weighted by Gasteiger charge is 2.16. The molecule has 0 saturated carbocycles. The van der Waals surface area contributed by atoms with E-state index in [4.69, 9.17) is 11.6 Å². The molecule has 1 amide bonds. The van der Waals surface area contributed by atoms with Crippen LogP contribution in [0.15, 0.2) is 36.5 Å². The maximum Gasteiger partial charge on any atom is 0.270 e. The first-order valence-electron chi connectivity index (χ1n) is 5.82. The number of hydrogen-bond donors (Lipinski definition) is 1. The molecule has 0 saturated heterocycles. The number of halogens is 1. The second kappa shape index (κ2) is 5.36. The first kappa shape index (κ1) is 13.5. The highest BCUT2D eigenvalue weighted by Crippen LogP contribution is 2.16. The van der Waals surface area contributed by atoms with E-state index in [-0.39, 0.29) is 11.7 Å². The van der Waals surface area contributed by atoms with E-state index >= 15 is 0 Å². The maximum atomic E-state index is 12.2. The summed E-state index contributed by atoms with van der Waals surface area (Å²) in [6.45, 7) is 0.474. The van der Waals surface area contributed by atoms with Gasteiger partial charge in [-0.15, -0.1) is 0 Å². The monoisotopic (exact) mass is 278 g/mol. The highest BCUT2D eigenvalue weighted by molar-refractivity contribution is 6.31. The third-order valence-electron chi connectivity index (χ3n) is 2.89. The molecule has 0 bridgehead atoms. The lowest BCUT2D eigenvalue weighted by molar-refractivity contribution is 0.0775. The number of rotatable bonds is 3. The molecule has 0 unspecified atom stereocenters. The van der Waals surface area contributed by atoms with Gasteiger partial charge in [0.2, 0.25) is 0 Å². The van der Waals surface area contributed by atoms with Gasteiger partial charge in [-0.25, -0.2) is 0 Å². The minimum absolute atomic E-state index is 0.0949. The number of aromatic nitrogens is 1. The summed E-state index contributed by atoms with van der Waals surface area (Å²) in [5.74, 6) is 0.120. The Labute approximate surface area is 116 Å². The Kier molecular flexibility index (Phi) is 3.81. The Morgan fingerprint density at radius 3 is 2.53 bits per heavy atom. The average molecular weight is 279 g/mol. The molecule has 1 heterocycles. The Hall–Kier alpha value is -1.94. The van der Waals surface area contributed by atoms with Crippen molar-refractivity contribution in [2.24, 2.45) is 7.05 Å². The van der Waals surface area contributed by atoms with Gasteiger partial charge < -0.3 is 14.6 Å². The van der Waals surface area contributed by atoms with Gasteiger partial charge in [0, 0.05) is 26.8 Å². The Balaban J connectivity index is 2.11. The van der Waals surface area contributed by atoms with Crippen molar-refractivity contribution in [1.29, 1.82) is 0 Å². The zero-order valence-corrected chi connectivity index (χ0v) is 11.6. The van der Waals surface area contributed by atoms with Gasteiger partial charge in [-0.3, -0.25) is 4.79 Å². The topological polar surface area (TPSA) is 45.5 Å². The molecule has 0 atom stereocenters. The van der Waals surface area contributed by atoms with Gasteiger partial charge >= 0.3 is 0 Å². The predicted molar refractivity (Wildman–Crippen MR) is 74.3 cm³/mol. The Morgan fingerprint density at radius 2 is 2.00 bits per heavy atom. The van der Waals surface area contributed by atoms with Crippen LogP contribution in [0.3, 0.4) is 0 Å². The standard InChI is InChI=1S/C14H15ClN2O2/c1-16-9-11(15)7-13(16)14(19)17(2)8-10-3-5-12(18)6-4-10/h3-7,9,18H,8H2,1-2H3. The molecule has 2 rings (SSSR count). The lowest BCUT2D eigenvalue weighted by atomic mass is 10.2. The zero-order chi connectivity index (χ0) is 14.0. The van der Waals surface area contributed by atoms with Gasteiger partial charge in [-0.1, -0.05) is 23.7 Å². The van der Waals surface area contributed by atoms with Crippen molar-refractivity contribution in [3.8, 4) is 5.75 Å². The van der Waals surface area contributed by atoms with Gasteiger partial charge in [0.1, 0.15) is 11.4 Å². The molecule has 0 aliphatic heterocycles. The van der Waals surface area contributed by atoms with Gasteiger partial charge in [0.15, 0.2) is 0 Å². The van der Waals surface area contributed by atoms with Crippen molar-refractivity contribution in [2.75, 3.05) is 7.05 Å². The number of benzene rings is 1. The van der Waals surface area contributed by atoms with Gasteiger partial charge in [-0.05, 0) is 23.8 Å².